The molecule has 92 valence electrons. The second-order valence-electron chi connectivity index (χ2n) is 4.90. The fourth-order valence-corrected chi connectivity index (χ4v) is 2.35. The average molecular weight is 235 g/mol. The van der Waals surface area contributed by atoms with Crippen molar-refractivity contribution in [3.8, 4) is 0 Å². The molecule has 1 atom stereocenters. The van der Waals surface area contributed by atoms with Gasteiger partial charge >= 0.3 is 0 Å². The van der Waals surface area contributed by atoms with Crippen LogP contribution in [0.15, 0.2) is 0 Å². The van der Waals surface area contributed by atoms with E-state index in [2.05, 4.69) is 26.1 Å². The molecule has 0 aromatic carbocycles. The second kappa shape index (κ2) is 6.48. The molecule has 0 aromatic rings. The molecule has 0 heterocycles. The molecule has 0 rings (SSSR count). The summed E-state index contributed by atoms with van der Waals surface area (Å²) in [6, 6.07) is 0.396. The van der Waals surface area contributed by atoms with Gasteiger partial charge in [0.15, 0.2) is 9.84 Å². The summed E-state index contributed by atoms with van der Waals surface area (Å²) in [5, 5.41) is 2.98. The van der Waals surface area contributed by atoms with Crippen molar-refractivity contribution in [3.05, 3.63) is 0 Å². The van der Waals surface area contributed by atoms with Crippen molar-refractivity contribution >= 4 is 9.84 Å². The minimum atomic E-state index is -2.88. The van der Waals surface area contributed by atoms with Crippen molar-refractivity contribution < 1.29 is 8.42 Å². The first-order chi connectivity index (χ1) is 6.75. The van der Waals surface area contributed by atoms with Gasteiger partial charge in [-0.25, -0.2) is 8.42 Å². The standard InChI is InChI=1S/C11H25NO2S/c1-9(2)8-11(5)12-6-7-15(13,14)10(3)4/h9-12H,6-8H2,1-5H3. The molecule has 0 aliphatic heterocycles. The van der Waals surface area contributed by atoms with E-state index < -0.39 is 9.84 Å². The van der Waals surface area contributed by atoms with Gasteiger partial charge in [-0.05, 0) is 33.1 Å². The van der Waals surface area contributed by atoms with Crippen LogP contribution in [-0.4, -0.2) is 32.0 Å². The van der Waals surface area contributed by atoms with Crippen LogP contribution in [0.4, 0.5) is 0 Å². The lowest BCUT2D eigenvalue weighted by Gasteiger charge is -2.16. The number of hydrogen-bond acceptors (Lipinski definition) is 3. The summed E-state index contributed by atoms with van der Waals surface area (Å²) in [5.41, 5.74) is 0. The van der Waals surface area contributed by atoms with Crippen LogP contribution in [0.1, 0.15) is 41.0 Å². The summed E-state index contributed by atoms with van der Waals surface area (Å²) in [6.45, 7) is 10.5. The molecule has 15 heavy (non-hydrogen) atoms. The lowest BCUT2D eigenvalue weighted by Crippen LogP contribution is -2.33. The van der Waals surface area contributed by atoms with E-state index in [-0.39, 0.29) is 11.0 Å². The highest BCUT2D eigenvalue weighted by molar-refractivity contribution is 7.92. The van der Waals surface area contributed by atoms with Crippen LogP contribution >= 0.6 is 0 Å². The van der Waals surface area contributed by atoms with E-state index in [9.17, 15) is 8.42 Å². The third-order valence-corrected chi connectivity index (χ3v) is 4.63. The molecule has 0 fully saturated rings. The summed E-state index contributed by atoms with van der Waals surface area (Å²) in [6.07, 6.45) is 1.09. The number of sulfone groups is 1. The van der Waals surface area contributed by atoms with Gasteiger partial charge in [0.05, 0.1) is 11.0 Å². The quantitative estimate of drug-likeness (QED) is 0.732. The first kappa shape index (κ1) is 14.9. The molecule has 0 aromatic heterocycles. The molecule has 1 unspecified atom stereocenters. The van der Waals surface area contributed by atoms with Gasteiger partial charge < -0.3 is 5.32 Å². The van der Waals surface area contributed by atoms with Crippen LogP contribution < -0.4 is 5.32 Å². The minimum absolute atomic E-state index is 0.243. The van der Waals surface area contributed by atoms with E-state index in [1.807, 2.05) is 0 Å². The number of hydrogen-bond donors (Lipinski definition) is 1. The fraction of sp³-hybridized carbons (Fsp3) is 1.00. The topological polar surface area (TPSA) is 46.2 Å². The Balaban J connectivity index is 3.80. The SMILES string of the molecule is CC(C)CC(C)NCCS(=O)(=O)C(C)C. The molecule has 0 amide bonds. The molecule has 0 saturated heterocycles. The van der Waals surface area contributed by atoms with Crippen LogP contribution in [0.2, 0.25) is 0 Å². The normalized spacial score (nSPS) is 14.9. The molecule has 0 aliphatic carbocycles. The minimum Gasteiger partial charge on any atom is -0.313 e. The van der Waals surface area contributed by atoms with E-state index in [1.54, 1.807) is 13.8 Å². The van der Waals surface area contributed by atoms with Gasteiger partial charge in [0.1, 0.15) is 0 Å². The summed E-state index contributed by atoms with van der Waals surface area (Å²) < 4.78 is 23.0. The van der Waals surface area contributed by atoms with E-state index in [0.29, 0.717) is 18.5 Å². The third kappa shape index (κ3) is 6.90. The molecule has 1 N–H and O–H groups in total. The molecular weight excluding hydrogens is 210 g/mol. The largest absolute Gasteiger partial charge is 0.313 e. The van der Waals surface area contributed by atoms with Crippen LogP contribution in [0.25, 0.3) is 0 Å². The molecule has 4 heteroatoms. The molecule has 0 radical (unpaired) electrons. The Morgan fingerprint density at radius 1 is 1.07 bits per heavy atom. The van der Waals surface area contributed by atoms with Gasteiger partial charge in [-0.1, -0.05) is 13.8 Å². The predicted molar refractivity (Wildman–Crippen MR) is 65.8 cm³/mol. The van der Waals surface area contributed by atoms with Gasteiger partial charge in [0, 0.05) is 12.6 Å². The maximum absolute atomic E-state index is 11.5. The van der Waals surface area contributed by atoms with Crippen molar-refractivity contribution in [1.82, 2.24) is 5.32 Å². The zero-order valence-corrected chi connectivity index (χ0v) is 11.4. The van der Waals surface area contributed by atoms with Gasteiger partial charge in [-0.2, -0.15) is 0 Å². The van der Waals surface area contributed by atoms with Gasteiger partial charge in [0.2, 0.25) is 0 Å². The van der Waals surface area contributed by atoms with Crippen LogP contribution in [-0.2, 0) is 9.84 Å². The summed E-state index contributed by atoms with van der Waals surface area (Å²) in [4.78, 5) is 0. The molecule has 0 saturated carbocycles. The van der Waals surface area contributed by atoms with Gasteiger partial charge in [0.25, 0.3) is 0 Å². The average Bonchev–Trinajstić information content (AvgIpc) is 2.01. The Bertz CT molecular complexity index is 258. The van der Waals surface area contributed by atoms with E-state index in [1.165, 1.54) is 0 Å². The second-order valence-corrected chi connectivity index (χ2v) is 7.58. The summed E-state index contributed by atoms with van der Waals surface area (Å²) >= 11 is 0. The maximum atomic E-state index is 11.5. The summed E-state index contributed by atoms with van der Waals surface area (Å²) in [7, 11) is -2.88. The predicted octanol–water partition coefficient (Wildman–Crippen LogP) is 1.83. The van der Waals surface area contributed by atoms with Crippen molar-refractivity contribution in [2.24, 2.45) is 5.92 Å². The van der Waals surface area contributed by atoms with E-state index >= 15 is 0 Å². The lowest BCUT2D eigenvalue weighted by molar-refractivity contribution is 0.450. The molecule has 0 bridgehead atoms. The molecule has 3 nitrogen and oxygen atoms in total. The monoisotopic (exact) mass is 235 g/mol. The number of rotatable bonds is 7. The highest BCUT2D eigenvalue weighted by Crippen LogP contribution is 2.04. The van der Waals surface area contributed by atoms with Crippen LogP contribution in [0, 0.1) is 5.92 Å². The zero-order chi connectivity index (χ0) is 12.1. The Morgan fingerprint density at radius 2 is 1.60 bits per heavy atom. The Kier molecular flexibility index (Phi) is 6.44. The first-order valence-electron chi connectivity index (χ1n) is 5.70. The Morgan fingerprint density at radius 3 is 2.00 bits per heavy atom. The third-order valence-electron chi connectivity index (χ3n) is 2.42. The van der Waals surface area contributed by atoms with E-state index in [0.717, 1.165) is 6.42 Å². The zero-order valence-electron chi connectivity index (χ0n) is 10.6. The lowest BCUT2D eigenvalue weighted by atomic mass is 10.1. The van der Waals surface area contributed by atoms with Gasteiger partial charge in [-0.15, -0.1) is 0 Å². The summed E-state index contributed by atoms with van der Waals surface area (Å²) in [5.74, 6) is 0.891. The van der Waals surface area contributed by atoms with Crippen molar-refractivity contribution in [3.63, 3.8) is 0 Å². The van der Waals surface area contributed by atoms with Crippen LogP contribution in [0.3, 0.4) is 0 Å². The number of nitrogens with one attached hydrogen (secondary N) is 1. The van der Waals surface area contributed by atoms with Crippen molar-refractivity contribution in [2.45, 2.75) is 52.3 Å². The van der Waals surface area contributed by atoms with Crippen LogP contribution in [0.5, 0.6) is 0 Å². The maximum Gasteiger partial charge on any atom is 0.153 e. The molecule has 0 spiro atoms. The first-order valence-corrected chi connectivity index (χ1v) is 7.42. The van der Waals surface area contributed by atoms with E-state index in [4.69, 9.17) is 0 Å². The highest BCUT2D eigenvalue weighted by Gasteiger charge is 2.15. The molecule has 0 aliphatic rings. The smallest absolute Gasteiger partial charge is 0.153 e. The Hall–Kier alpha value is -0.0900. The van der Waals surface area contributed by atoms with Crippen molar-refractivity contribution in [1.29, 1.82) is 0 Å². The Labute approximate surface area is 94.6 Å². The molecular formula is C11H25NO2S. The van der Waals surface area contributed by atoms with Gasteiger partial charge in [-0.3, -0.25) is 0 Å². The van der Waals surface area contributed by atoms with Crippen molar-refractivity contribution in [2.75, 3.05) is 12.3 Å². The highest BCUT2D eigenvalue weighted by atomic mass is 32.2. The fourth-order valence-electron chi connectivity index (χ4n) is 1.47.